The summed E-state index contributed by atoms with van der Waals surface area (Å²) in [6, 6.07) is 37.8. The second kappa shape index (κ2) is 7.63. The molecule has 0 unspecified atom stereocenters. The van der Waals surface area contributed by atoms with Crippen LogP contribution < -0.4 is 0 Å². The molecule has 6 aromatic carbocycles. The summed E-state index contributed by atoms with van der Waals surface area (Å²) in [6.07, 6.45) is 0. The van der Waals surface area contributed by atoms with Crippen LogP contribution in [0.3, 0.4) is 0 Å². The van der Waals surface area contributed by atoms with Crippen LogP contribution in [0.5, 0.6) is 0 Å². The number of hydrogen-bond acceptors (Lipinski definition) is 0. The van der Waals surface area contributed by atoms with Crippen LogP contribution in [0.4, 0.5) is 0 Å². The van der Waals surface area contributed by atoms with Crippen LogP contribution in [0.15, 0.2) is 109 Å². The van der Waals surface area contributed by atoms with E-state index in [1.165, 1.54) is 32.3 Å². The largest absolute Gasteiger partial charge is 0.0622 e. The molecular formula is C32H18. The minimum atomic E-state index is 1.03. The van der Waals surface area contributed by atoms with Crippen molar-refractivity contribution in [3.05, 3.63) is 131 Å². The second-order valence-electron chi connectivity index (χ2n) is 7.96. The van der Waals surface area contributed by atoms with Gasteiger partial charge in [0.15, 0.2) is 0 Å². The summed E-state index contributed by atoms with van der Waals surface area (Å²) in [5, 5.41) is 7.49. The van der Waals surface area contributed by atoms with Gasteiger partial charge in [0.25, 0.3) is 0 Å². The van der Waals surface area contributed by atoms with Gasteiger partial charge in [0.1, 0.15) is 0 Å². The van der Waals surface area contributed by atoms with E-state index >= 15 is 0 Å². The van der Waals surface area contributed by atoms with E-state index in [1.807, 2.05) is 60.7 Å². The maximum absolute atomic E-state index is 3.34. The van der Waals surface area contributed by atoms with Gasteiger partial charge in [-0.1, -0.05) is 84.3 Å². The molecule has 146 valence electrons. The topological polar surface area (TPSA) is 0 Å². The second-order valence-corrected chi connectivity index (χ2v) is 7.96. The standard InChI is InChI=1S/C32H18/c1-3-7-23(8-4-1)11-13-25-19-27-15-17-29-21-26(14-12-24-9-5-2-6-10-24)22-30-18-16-28(20-25)31(27)32(29)30/h1-10,15-22H. The summed E-state index contributed by atoms with van der Waals surface area (Å²) < 4.78 is 0. The quantitative estimate of drug-likeness (QED) is 0.184. The summed E-state index contributed by atoms with van der Waals surface area (Å²) >= 11 is 0. The first-order chi connectivity index (χ1) is 15.8. The summed E-state index contributed by atoms with van der Waals surface area (Å²) in [4.78, 5) is 0. The Kier molecular flexibility index (Phi) is 4.35. The van der Waals surface area contributed by atoms with Gasteiger partial charge >= 0.3 is 0 Å². The SMILES string of the molecule is C(#Cc1cc2ccc3cc(C#Cc4ccccc4)cc4ccc(c1)c2c34)c1ccccc1. The van der Waals surface area contributed by atoms with E-state index in [-0.39, 0.29) is 0 Å². The van der Waals surface area contributed by atoms with Crippen molar-refractivity contribution in [1.82, 2.24) is 0 Å². The van der Waals surface area contributed by atoms with Crippen LogP contribution in [-0.2, 0) is 0 Å². The van der Waals surface area contributed by atoms with Crippen molar-refractivity contribution in [2.75, 3.05) is 0 Å². The fourth-order valence-corrected chi connectivity index (χ4v) is 4.31. The van der Waals surface area contributed by atoms with Gasteiger partial charge < -0.3 is 0 Å². The zero-order valence-electron chi connectivity index (χ0n) is 17.4. The highest BCUT2D eigenvalue weighted by atomic mass is 14.1. The first kappa shape index (κ1) is 18.3. The average Bonchev–Trinajstić information content (AvgIpc) is 2.86. The molecule has 0 saturated heterocycles. The molecule has 0 radical (unpaired) electrons. The Morgan fingerprint density at radius 3 is 0.969 bits per heavy atom. The van der Waals surface area contributed by atoms with E-state index in [4.69, 9.17) is 0 Å². The van der Waals surface area contributed by atoms with Crippen molar-refractivity contribution in [3.63, 3.8) is 0 Å². The van der Waals surface area contributed by atoms with Gasteiger partial charge in [-0.05, 0) is 80.8 Å². The highest BCUT2D eigenvalue weighted by Gasteiger charge is 2.10. The molecule has 0 saturated carbocycles. The molecule has 0 aliphatic rings. The lowest BCUT2D eigenvalue weighted by molar-refractivity contribution is 1.64. The van der Waals surface area contributed by atoms with Crippen molar-refractivity contribution in [2.45, 2.75) is 0 Å². The molecule has 0 heteroatoms. The molecular weight excluding hydrogens is 384 g/mol. The Morgan fingerprint density at radius 2 is 0.625 bits per heavy atom. The molecule has 0 N–H and O–H groups in total. The van der Waals surface area contributed by atoms with Crippen LogP contribution in [0.25, 0.3) is 32.3 Å². The Labute approximate surface area is 187 Å². The lowest BCUT2D eigenvalue weighted by Crippen LogP contribution is -1.87. The third-order valence-electron chi connectivity index (χ3n) is 5.78. The van der Waals surface area contributed by atoms with Gasteiger partial charge in [0, 0.05) is 22.3 Å². The fraction of sp³-hybridized carbons (Fsp3) is 0. The third-order valence-corrected chi connectivity index (χ3v) is 5.78. The van der Waals surface area contributed by atoms with Crippen LogP contribution in [0, 0.1) is 23.7 Å². The van der Waals surface area contributed by atoms with Crippen molar-refractivity contribution in [3.8, 4) is 23.7 Å². The zero-order chi connectivity index (χ0) is 21.3. The smallest absolute Gasteiger partial charge is 0.0261 e. The van der Waals surface area contributed by atoms with Gasteiger partial charge in [-0.3, -0.25) is 0 Å². The van der Waals surface area contributed by atoms with Crippen molar-refractivity contribution < 1.29 is 0 Å². The summed E-state index contributed by atoms with van der Waals surface area (Å²) in [5.74, 6) is 13.2. The van der Waals surface area contributed by atoms with Crippen LogP contribution in [-0.4, -0.2) is 0 Å². The van der Waals surface area contributed by atoms with Crippen molar-refractivity contribution >= 4 is 32.3 Å². The fourth-order valence-electron chi connectivity index (χ4n) is 4.31. The Morgan fingerprint density at radius 1 is 0.312 bits per heavy atom. The Balaban J connectivity index is 1.47. The maximum Gasteiger partial charge on any atom is 0.0261 e. The molecule has 0 aromatic heterocycles. The molecule has 6 aromatic rings. The van der Waals surface area contributed by atoms with Crippen LogP contribution in [0.1, 0.15) is 22.3 Å². The monoisotopic (exact) mass is 402 g/mol. The maximum atomic E-state index is 3.34. The van der Waals surface area contributed by atoms with Crippen LogP contribution in [0.2, 0.25) is 0 Å². The molecule has 0 amide bonds. The lowest BCUT2D eigenvalue weighted by Gasteiger charge is -2.12. The Bertz CT molecular complexity index is 1500. The number of hydrogen-bond donors (Lipinski definition) is 0. The molecule has 0 heterocycles. The van der Waals surface area contributed by atoms with E-state index in [1.54, 1.807) is 0 Å². The zero-order valence-corrected chi connectivity index (χ0v) is 17.4. The molecule has 0 nitrogen and oxygen atoms in total. The van der Waals surface area contributed by atoms with Gasteiger partial charge in [0.2, 0.25) is 0 Å². The van der Waals surface area contributed by atoms with Gasteiger partial charge in [-0.15, -0.1) is 0 Å². The van der Waals surface area contributed by atoms with Gasteiger partial charge in [-0.25, -0.2) is 0 Å². The summed E-state index contributed by atoms with van der Waals surface area (Å²) in [6.45, 7) is 0. The normalized spacial score (nSPS) is 10.6. The third kappa shape index (κ3) is 3.35. The summed E-state index contributed by atoms with van der Waals surface area (Å²) in [5.41, 5.74) is 4.13. The predicted octanol–water partition coefficient (Wildman–Crippen LogP) is 7.38. The predicted molar refractivity (Wildman–Crippen MR) is 135 cm³/mol. The van der Waals surface area contributed by atoms with E-state index in [0.717, 1.165) is 22.3 Å². The van der Waals surface area contributed by atoms with Crippen LogP contribution >= 0.6 is 0 Å². The minimum absolute atomic E-state index is 1.03. The molecule has 32 heavy (non-hydrogen) atoms. The highest BCUT2D eigenvalue weighted by Crippen LogP contribution is 2.35. The van der Waals surface area contributed by atoms with Crippen molar-refractivity contribution in [2.24, 2.45) is 0 Å². The molecule has 0 aliphatic heterocycles. The molecule has 0 atom stereocenters. The number of benzene rings is 6. The average molecular weight is 402 g/mol. The van der Waals surface area contributed by atoms with E-state index in [9.17, 15) is 0 Å². The highest BCUT2D eigenvalue weighted by molar-refractivity contribution is 6.23. The summed E-state index contributed by atoms with van der Waals surface area (Å²) in [7, 11) is 0. The van der Waals surface area contributed by atoms with E-state index < -0.39 is 0 Å². The molecule has 6 rings (SSSR count). The minimum Gasteiger partial charge on any atom is -0.0622 e. The first-order valence-corrected chi connectivity index (χ1v) is 10.7. The van der Waals surface area contributed by atoms with Gasteiger partial charge in [-0.2, -0.15) is 0 Å². The Hall–Kier alpha value is -4.52. The number of rotatable bonds is 0. The molecule has 0 spiro atoms. The molecule has 0 aliphatic carbocycles. The van der Waals surface area contributed by atoms with Crippen molar-refractivity contribution in [1.29, 1.82) is 0 Å². The van der Waals surface area contributed by atoms with E-state index in [0.29, 0.717) is 0 Å². The van der Waals surface area contributed by atoms with E-state index in [2.05, 4.69) is 72.2 Å². The first-order valence-electron chi connectivity index (χ1n) is 10.7. The molecule has 0 fully saturated rings. The molecule has 0 bridgehead atoms. The lowest BCUT2D eigenvalue weighted by atomic mass is 9.91. The van der Waals surface area contributed by atoms with Gasteiger partial charge in [0.05, 0.1) is 0 Å².